The molecule has 0 bridgehead atoms. The van der Waals surface area contributed by atoms with Crippen LogP contribution in [0.4, 0.5) is 4.39 Å². The number of halogens is 1. The molecule has 0 unspecified atom stereocenters. The molecule has 0 spiro atoms. The molecule has 1 nitrogen and oxygen atoms in total. The van der Waals surface area contributed by atoms with Crippen molar-refractivity contribution in [2.45, 2.75) is 6.54 Å². The van der Waals surface area contributed by atoms with Gasteiger partial charge in [0.1, 0.15) is 5.82 Å². The number of rotatable bonds is 2. The van der Waals surface area contributed by atoms with Gasteiger partial charge in [-0.05, 0) is 34.5 Å². The second-order valence-electron chi connectivity index (χ2n) is 4.16. The summed E-state index contributed by atoms with van der Waals surface area (Å²) < 4.78 is 15.1. The topological polar surface area (TPSA) is 26.0 Å². The predicted molar refractivity (Wildman–Crippen MR) is 75.1 cm³/mol. The maximum absolute atomic E-state index is 14.0. The highest BCUT2D eigenvalue weighted by Gasteiger charge is 2.10. The fraction of sp³-hybridized carbons (Fsp3) is 0.0667. The van der Waals surface area contributed by atoms with E-state index in [1.54, 1.807) is 17.4 Å². The molecule has 0 saturated heterocycles. The van der Waals surface area contributed by atoms with Crippen molar-refractivity contribution in [3.63, 3.8) is 0 Å². The van der Waals surface area contributed by atoms with Gasteiger partial charge in [-0.1, -0.05) is 24.3 Å². The van der Waals surface area contributed by atoms with Gasteiger partial charge in [0, 0.05) is 22.4 Å². The Morgan fingerprint density at radius 2 is 1.94 bits per heavy atom. The van der Waals surface area contributed by atoms with Crippen molar-refractivity contribution in [1.29, 1.82) is 0 Å². The molecule has 0 aliphatic heterocycles. The third kappa shape index (κ3) is 1.82. The zero-order chi connectivity index (χ0) is 12.5. The smallest absolute Gasteiger partial charge is 0.131 e. The van der Waals surface area contributed by atoms with E-state index in [-0.39, 0.29) is 5.82 Å². The lowest BCUT2D eigenvalue weighted by molar-refractivity contribution is 0.630. The molecule has 0 atom stereocenters. The van der Waals surface area contributed by atoms with Crippen molar-refractivity contribution in [2.24, 2.45) is 5.73 Å². The van der Waals surface area contributed by atoms with Crippen LogP contribution in [-0.2, 0) is 6.54 Å². The van der Waals surface area contributed by atoms with Crippen molar-refractivity contribution < 1.29 is 4.39 Å². The molecule has 18 heavy (non-hydrogen) atoms. The second-order valence-corrected chi connectivity index (χ2v) is 5.08. The molecule has 1 aromatic heterocycles. The van der Waals surface area contributed by atoms with Crippen molar-refractivity contribution in [1.82, 2.24) is 0 Å². The van der Waals surface area contributed by atoms with E-state index in [2.05, 4.69) is 0 Å². The number of benzene rings is 2. The summed E-state index contributed by atoms with van der Waals surface area (Å²) in [5.74, 6) is -0.201. The number of nitrogens with two attached hydrogens (primary N) is 1. The minimum absolute atomic E-state index is 0.201. The largest absolute Gasteiger partial charge is 0.326 e. The molecular formula is C15H12FNS. The maximum Gasteiger partial charge on any atom is 0.131 e. The Morgan fingerprint density at radius 1 is 1.06 bits per heavy atom. The Balaban J connectivity index is 2.28. The molecule has 0 aliphatic carbocycles. The first-order valence-corrected chi connectivity index (χ1v) is 6.62. The third-order valence-electron chi connectivity index (χ3n) is 3.04. The normalized spacial score (nSPS) is 11.0. The lowest BCUT2D eigenvalue weighted by atomic mass is 10.0. The Labute approximate surface area is 109 Å². The minimum atomic E-state index is -0.201. The molecule has 2 aromatic carbocycles. The SMILES string of the molecule is NCc1ccc(F)c(-c2cccc3ccsc23)c1. The fourth-order valence-electron chi connectivity index (χ4n) is 2.11. The number of hydrogen-bond donors (Lipinski definition) is 1. The second kappa shape index (κ2) is 4.52. The number of thiophene rings is 1. The molecule has 3 heteroatoms. The Bertz CT molecular complexity index is 703. The first-order chi connectivity index (χ1) is 8.79. The van der Waals surface area contributed by atoms with E-state index in [1.807, 2.05) is 35.7 Å². The standard InChI is InChI=1S/C15H12FNS/c16-14-5-4-10(9-17)8-13(14)12-3-1-2-11-6-7-18-15(11)12/h1-8H,9,17H2. The van der Waals surface area contributed by atoms with Crippen LogP contribution in [0.5, 0.6) is 0 Å². The highest BCUT2D eigenvalue weighted by molar-refractivity contribution is 7.17. The van der Waals surface area contributed by atoms with Gasteiger partial charge in [0.2, 0.25) is 0 Å². The molecule has 0 radical (unpaired) electrons. The van der Waals surface area contributed by atoms with Crippen LogP contribution in [0.15, 0.2) is 47.8 Å². The van der Waals surface area contributed by atoms with Crippen LogP contribution in [-0.4, -0.2) is 0 Å². The zero-order valence-electron chi connectivity index (χ0n) is 9.69. The summed E-state index contributed by atoms with van der Waals surface area (Å²) in [6.45, 7) is 0.424. The van der Waals surface area contributed by atoms with Crippen LogP contribution in [0.2, 0.25) is 0 Å². The van der Waals surface area contributed by atoms with Crippen LogP contribution in [0.1, 0.15) is 5.56 Å². The molecule has 0 saturated carbocycles. The van der Waals surface area contributed by atoms with Crippen molar-refractivity contribution in [3.05, 3.63) is 59.2 Å². The molecule has 2 N–H and O–H groups in total. The summed E-state index contributed by atoms with van der Waals surface area (Å²) in [4.78, 5) is 0. The van der Waals surface area contributed by atoms with Gasteiger partial charge in [-0.15, -0.1) is 11.3 Å². The van der Waals surface area contributed by atoms with Crippen LogP contribution < -0.4 is 5.73 Å². The van der Waals surface area contributed by atoms with Crippen LogP contribution in [0.25, 0.3) is 21.2 Å². The van der Waals surface area contributed by atoms with Gasteiger partial charge in [0.05, 0.1) is 0 Å². The maximum atomic E-state index is 14.0. The van der Waals surface area contributed by atoms with E-state index >= 15 is 0 Å². The third-order valence-corrected chi connectivity index (χ3v) is 4.00. The molecular weight excluding hydrogens is 245 g/mol. The number of hydrogen-bond acceptors (Lipinski definition) is 2. The average molecular weight is 257 g/mol. The summed E-state index contributed by atoms with van der Waals surface area (Å²) in [5.41, 5.74) is 8.13. The summed E-state index contributed by atoms with van der Waals surface area (Å²) in [7, 11) is 0. The Hall–Kier alpha value is -1.71. The van der Waals surface area contributed by atoms with Crippen molar-refractivity contribution >= 4 is 21.4 Å². The van der Waals surface area contributed by atoms with E-state index in [9.17, 15) is 4.39 Å². The highest BCUT2D eigenvalue weighted by atomic mass is 32.1. The Kier molecular flexibility index (Phi) is 2.86. The van der Waals surface area contributed by atoms with Gasteiger partial charge in [-0.3, -0.25) is 0 Å². The molecule has 0 fully saturated rings. The summed E-state index contributed by atoms with van der Waals surface area (Å²) in [5, 5.41) is 3.17. The first kappa shape index (κ1) is 11.4. The van der Waals surface area contributed by atoms with E-state index in [0.29, 0.717) is 12.1 Å². The van der Waals surface area contributed by atoms with E-state index in [4.69, 9.17) is 5.73 Å². The van der Waals surface area contributed by atoms with Crippen LogP contribution in [0, 0.1) is 5.82 Å². The van der Waals surface area contributed by atoms with Gasteiger partial charge < -0.3 is 5.73 Å². The fourth-order valence-corrected chi connectivity index (χ4v) is 3.04. The van der Waals surface area contributed by atoms with Crippen molar-refractivity contribution in [3.8, 4) is 11.1 Å². The first-order valence-electron chi connectivity index (χ1n) is 5.74. The molecule has 90 valence electrons. The Morgan fingerprint density at radius 3 is 2.78 bits per heavy atom. The van der Waals surface area contributed by atoms with Crippen molar-refractivity contribution in [2.75, 3.05) is 0 Å². The van der Waals surface area contributed by atoms with Gasteiger partial charge in [-0.2, -0.15) is 0 Å². The lowest BCUT2D eigenvalue weighted by Crippen LogP contribution is -1.97. The summed E-state index contributed by atoms with van der Waals surface area (Å²) in [6, 6.07) is 13.1. The van der Waals surface area contributed by atoms with Gasteiger partial charge in [0.15, 0.2) is 0 Å². The van der Waals surface area contributed by atoms with Gasteiger partial charge >= 0.3 is 0 Å². The van der Waals surface area contributed by atoms with E-state index in [1.165, 1.54) is 6.07 Å². The monoisotopic (exact) mass is 257 g/mol. The quantitative estimate of drug-likeness (QED) is 0.732. The van der Waals surface area contributed by atoms with Crippen LogP contribution >= 0.6 is 11.3 Å². The molecule has 1 heterocycles. The van der Waals surface area contributed by atoms with E-state index < -0.39 is 0 Å². The molecule has 3 aromatic rings. The van der Waals surface area contributed by atoms with Gasteiger partial charge in [0.25, 0.3) is 0 Å². The molecule has 0 aliphatic rings. The summed E-state index contributed by atoms with van der Waals surface area (Å²) in [6.07, 6.45) is 0. The number of fused-ring (bicyclic) bond motifs is 1. The zero-order valence-corrected chi connectivity index (χ0v) is 10.5. The van der Waals surface area contributed by atoms with Gasteiger partial charge in [-0.25, -0.2) is 4.39 Å². The van der Waals surface area contributed by atoms with Crippen LogP contribution in [0.3, 0.4) is 0 Å². The molecule has 3 rings (SSSR count). The highest BCUT2D eigenvalue weighted by Crippen LogP contribution is 2.34. The average Bonchev–Trinajstić information content (AvgIpc) is 2.87. The van der Waals surface area contributed by atoms with E-state index in [0.717, 1.165) is 21.2 Å². The summed E-state index contributed by atoms with van der Waals surface area (Å²) >= 11 is 1.63. The lowest BCUT2D eigenvalue weighted by Gasteiger charge is -2.07. The predicted octanol–water partition coefficient (Wildman–Crippen LogP) is 4.17. The molecule has 0 amide bonds. The minimum Gasteiger partial charge on any atom is -0.326 e.